The monoisotopic (exact) mass is 1470 g/mol. The van der Waals surface area contributed by atoms with Crippen LogP contribution in [-0.4, -0.2) is 189 Å². The maximum Gasteiger partial charge on any atom is 0.358 e. The van der Waals surface area contributed by atoms with Gasteiger partial charge in [0.2, 0.25) is 0 Å². The highest BCUT2D eigenvalue weighted by Crippen LogP contribution is 2.43. The Bertz CT molecular complexity index is 4480. The van der Waals surface area contributed by atoms with Crippen LogP contribution in [0.1, 0.15) is 121 Å². The first-order valence-electron chi connectivity index (χ1n) is 31.3. The summed E-state index contributed by atoms with van der Waals surface area (Å²) >= 11 is 5.52. The number of rotatable bonds is 22. The van der Waals surface area contributed by atoms with Gasteiger partial charge in [-0.15, -0.1) is 56.7 Å². The number of cyclic esters (lactones) is 2. The Balaban J connectivity index is 0.939. The van der Waals surface area contributed by atoms with Crippen LogP contribution in [0.2, 0.25) is 0 Å². The maximum absolute atomic E-state index is 15.2. The van der Waals surface area contributed by atoms with Crippen molar-refractivity contribution in [2.75, 3.05) is 41.5 Å². The van der Waals surface area contributed by atoms with Gasteiger partial charge in [-0.2, -0.15) is 4.73 Å². The summed E-state index contributed by atoms with van der Waals surface area (Å²) in [5, 5.41) is 78.0. The van der Waals surface area contributed by atoms with Crippen molar-refractivity contribution in [3.8, 4) is 38.4 Å². The van der Waals surface area contributed by atoms with Gasteiger partial charge in [-0.3, -0.25) is 19.9 Å². The number of esters is 2. The molecule has 10 atom stereocenters. The molecule has 2 amide bonds. The fourth-order valence-corrected chi connectivity index (χ4v) is 16.3. The quantitative estimate of drug-likeness (QED) is 0.0170. The number of hydroxylamine groups is 1. The second-order valence-corrected chi connectivity index (χ2v) is 28.5. The lowest BCUT2D eigenvalue weighted by atomic mass is 9.85. The minimum absolute atomic E-state index is 0.00180. The topological polar surface area (TPSA) is 405 Å². The molecule has 0 saturated carbocycles. The third-order valence-corrected chi connectivity index (χ3v) is 21.5. The second kappa shape index (κ2) is 30.8. The van der Waals surface area contributed by atoms with Crippen LogP contribution in [0.25, 0.3) is 49.3 Å². The molecule has 31 nitrogen and oxygen atoms in total. The Kier molecular flexibility index (Phi) is 22.0. The predicted octanol–water partition coefficient (Wildman–Crippen LogP) is 5.62. The summed E-state index contributed by atoms with van der Waals surface area (Å²) in [6, 6.07) is 2.45. The zero-order chi connectivity index (χ0) is 70.7. The third kappa shape index (κ3) is 15.3. The molecule has 3 aliphatic heterocycles. The molecule has 0 spiro atoms. The number of aromatic hydroxyl groups is 1. The summed E-state index contributed by atoms with van der Waals surface area (Å²) in [5.74, 6) is -3.63. The summed E-state index contributed by atoms with van der Waals surface area (Å²) in [6.45, 7) is 5.52. The van der Waals surface area contributed by atoms with E-state index >= 15 is 19.2 Å². The van der Waals surface area contributed by atoms with E-state index in [9.17, 15) is 25.6 Å². The average Bonchev–Trinajstić information content (AvgIpc) is 1.57. The number of fused-ring (bicyclic) bond motifs is 4. The summed E-state index contributed by atoms with van der Waals surface area (Å²) in [6.07, 6.45) is -1.65. The molecular weight excluding hydrogens is 1400 g/mol. The van der Waals surface area contributed by atoms with Gasteiger partial charge in [-0.1, -0.05) is 12.1 Å². The van der Waals surface area contributed by atoms with E-state index < -0.39 is 110 Å². The molecule has 4 bridgehead atoms. The number of amides is 2. The van der Waals surface area contributed by atoms with Crippen molar-refractivity contribution in [3.05, 3.63) is 136 Å². The molecule has 0 aliphatic carbocycles. The number of ether oxygens (including phenoxy) is 6. The Morgan fingerprint density at radius 2 is 1.67 bits per heavy atom. The number of carbonyl (C=O) groups excluding carboxylic acids is 4. The number of methoxy groups -OCH3 is 1. The molecule has 12 rings (SSSR count). The van der Waals surface area contributed by atoms with Crippen LogP contribution >= 0.6 is 56.7 Å². The van der Waals surface area contributed by atoms with Crippen LogP contribution in [0, 0.1) is 0 Å². The van der Waals surface area contributed by atoms with E-state index in [0.717, 1.165) is 39.6 Å². The van der Waals surface area contributed by atoms with Gasteiger partial charge in [0, 0.05) is 80.9 Å². The lowest BCUT2D eigenvalue weighted by Gasteiger charge is -2.48. The fraction of sp³-hybridized carbons (Fsp3) is 0.406. The zero-order valence-corrected chi connectivity index (χ0v) is 59.1. The lowest BCUT2D eigenvalue weighted by Crippen LogP contribution is -2.62. The van der Waals surface area contributed by atoms with E-state index in [1.807, 2.05) is 10.3 Å². The first-order valence-corrected chi connectivity index (χ1v) is 35.7. The van der Waals surface area contributed by atoms with E-state index in [4.69, 9.17) is 53.2 Å². The molecule has 10 N–H and O–H groups in total. The van der Waals surface area contributed by atoms with Crippen LogP contribution in [0.15, 0.2) is 75.6 Å². The number of pyridine rings is 1. The molecule has 1 fully saturated rings. The van der Waals surface area contributed by atoms with Gasteiger partial charge in [0.15, 0.2) is 18.1 Å². The SMILES string of the molecule is CN[C@H](CON/C(=C(\C)OC)c1nc(C(=O)N[C@@H]2c3nc(cs3)C(=O)N[C@H](c3nc(-c4nc(-c5nc(CNCc6cncnc6)cs5)c(O)cc4-c4nc(CO)cs4)cs3)COC(=O)c3c4c5c(cccc5n3O)COC(=O)[C@@H](O[C@H]3C[C@](C)(O)[C@H](N(C)C)[C@H](C)O3)[C@H]2OC4)cs1)[C@@H](C)O. The molecule has 3 aliphatic rings. The van der Waals surface area contributed by atoms with Crippen molar-refractivity contribution in [1.29, 1.82) is 0 Å². The van der Waals surface area contributed by atoms with Gasteiger partial charge in [0.1, 0.15) is 108 Å². The standard InChI is InChI=1S/C64H71N15O16S5/c1-29(81)38(65-5)22-93-77-47(30(2)89-8)59-73-42(27-99-59)56(84)76-50-52-53(95-45-13-64(4,87)54(78(6)7)31(3)94-45)63(86)91-19-33-10-9-11-43-46(33)37(20-90-52)51(79(43)88)62(85)92-21-39(71-55(83)41-26-100-61(50)74-41)58-72-40(25-98-58)48-36(57-70-35(18-80)24-96-57)12-44(82)49(75-48)60-69-34(23-97-60)17-66-14-32-15-67-28-68-16-32/h9-12,15-16,23-29,31,38-39,45,50,52-54,65-66,77,80-82,87-88H,13-14,17-22H2,1-8H3,(H,71,83)(H,76,84)/b47-30+/t29-,31+,38-,39+,45+,50+,52+,53+,54-,64+/m1/s1. The minimum Gasteiger partial charge on any atom is -0.506 e. The first kappa shape index (κ1) is 71.4. The van der Waals surface area contributed by atoms with E-state index in [-0.39, 0.29) is 91.0 Å². The van der Waals surface area contributed by atoms with Crippen LogP contribution in [0.5, 0.6) is 5.75 Å². The Morgan fingerprint density at radius 3 is 2.41 bits per heavy atom. The molecule has 0 radical (unpaired) electrons. The smallest absolute Gasteiger partial charge is 0.358 e. The number of nitrogens with zero attached hydrogens (tertiary/aromatic N) is 10. The lowest BCUT2D eigenvalue weighted by molar-refractivity contribution is -0.280. The van der Waals surface area contributed by atoms with E-state index in [1.165, 1.54) is 59.0 Å². The highest BCUT2D eigenvalue weighted by Gasteiger charge is 2.50. The molecule has 0 unspecified atom stereocenters. The maximum atomic E-state index is 15.2. The highest BCUT2D eigenvalue weighted by molar-refractivity contribution is 7.13. The van der Waals surface area contributed by atoms with Crippen molar-refractivity contribution in [3.63, 3.8) is 0 Å². The van der Waals surface area contributed by atoms with Crippen molar-refractivity contribution in [1.82, 2.24) is 76.2 Å². The van der Waals surface area contributed by atoms with Gasteiger partial charge >= 0.3 is 11.9 Å². The number of hydrogen-bond acceptors (Lipinski definition) is 33. The molecule has 528 valence electrons. The molecule has 100 heavy (non-hydrogen) atoms. The summed E-state index contributed by atoms with van der Waals surface area (Å²) in [4.78, 5) is 105. The number of aromatic nitrogens is 9. The Hall–Kier alpha value is -8.44. The number of likely N-dealkylation sites (N-methyl/N-ethyl adjacent to an activating group) is 2. The third-order valence-electron chi connectivity index (χ3n) is 16.9. The molecule has 9 aromatic rings. The molecular formula is C64H71N15O16S5. The van der Waals surface area contributed by atoms with Gasteiger partial charge < -0.3 is 80.2 Å². The molecule has 1 saturated heterocycles. The highest BCUT2D eigenvalue weighted by atomic mass is 32.1. The van der Waals surface area contributed by atoms with Crippen molar-refractivity contribution < 1.29 is 78.1 Å². The second-order valence-electron chi connectivity index (χ2n) is 24.1. The van der Waals surface area contributed by atoms with Gasteiger partial charge in [-0.25, -0.2) is 49.5 Å². The van der Waals surface area contributed by atoms with Crippen molar-refractivity contribution in [2.24, 2.45) is 0 Å². The summed E-state index contributed by atoms with van der Waals surface area (Å²) < 4.78 is 38.5. The summed E-state index contributed by atoms with van der Waals surface area (Å²) in [7, 11) is 6.71. The molecule has 8 aromatic heterocycles. The van der Waals surface area contributed by atoms with Crippen LogP contribution in [0.4, 0.5) is 0 Å². The number of benzene rings is 1. The minimum atomic E-state index is -1.86. The molecule has 1 aromatic carbocycles. The number of carbonyl (C=O) groups is 4. The Labute approximate surface area is 591 Å². The van der Waals surface area contributed by atoms with Gasteiger partial charge in [-0.05, 0) is 66.5 Å². The van der Waals surface area contributed by atoms with E-state index in [2.05, 4.69) is 46.7 Å². The van der Waals surface area contributed by atoms with Crippen LogP contribution in [0.3, 0.4) is 0 Å². The molecule has 36 heteroatoms. The molecule has 11 heterocycles. The number of aliphatic hydroxyl groups is 3. The number of thiazole rings is 5. The Morgan fingerprint density at radius 1 is 0.920 bits per heavy atom. The van der Waals surface area contributed by atoms with Gasteiger partial charge in [0.25, 0.3) is 11.8 Å². The van der Waals surface area contributed by atoms with E-state index in [1.54, 1.807) is 84.1 Å². The van der Waals surface area contributed by atoms with Crippen molar-refractivity contribution >= 4 is 97.0 Å². The van der Waals surface area contributed by atoms with Crippen molar-refractivity contribution in [2.45, 2.75) is 128 Å². The largest absolute Gasteiger partial charge is 0.506 e. The average molecular weight is 1470 g/mol. The number of aliphatic hydroxyl groups excluding tert-OH is 2. The number of nitrogens with one attached hydrogen (secondary N) is 5. The number of allylic oxidation sites excluding steroid dienone is 1. The first-order chi connectivity index (χ1) is 48.1. The van der Waals surface area contributed by atoms with E-state index in [0.29, 0.717) is 56.1 Å². The van der Waals surface area contributed by atoms with Gasteiger partial charge in [0.05, 0.1) is 73.7 Å². The van der Waals surface area contributed by atoms with Crippen LogP contribution in [-0.2, 0) is 71.0 Å². The fourth-order valence-electron chi connectivity index (χ4n) is 12.1. The number of hydrogen-bond donors (Lipinski definition) is 10. The normalized spacial score (nSPS) is 22.2. The predicted molar refractivity (Wildman–Crippen MR) is 365 cm³/mol. The van der Waals surface area contributed by atoms with Crippen LogP contribution < -0.4 is 26.7 Å². The summed E-state index contributed by atoms with van der Waals surface area (Å²) in [5.41, 5.74) is 4.30. The zero-order valence-electron chi connectivity index (χ0n) is 55.0.